The first-order chi connectivity index (χ1) is 9.15. The molecule has 0 radical (unpaired) electrons. The highest BCUT2D eigenvalue weighted by Crippen LogP contribution is 2.42. The molecule has 0 unspecified atom stereocenters. The molecule has 1 aliphatic rings. The molecular formula is C13H11F3N2S. The molecule has 0 fully saturated rings. The van der Waals surface area contributed by atoms with Crippen molar-refractivity contribution < 1.29 is 13.2 Å². The second-order valence-electron chi connectivity index (χ2n) is 4.36. The Kier molecular flexibility index (Phi) is 3.26. The van der Waals surface area contributed by atoms with Gasteiger partial charge in [-0.3, -0.25) is 4.68 Å². The largest absolute Gasteiger partial charge is 0.290 e. The van der Waals surface area contributed by atoms with Crippen LogP contribution in [-0.2, 0) is 0 Å². The van der Waals surface area contributed by atoms with E-state index in [4.69, 9.17) is 0 Å². The molecule has 1 aromatic carbocycles. The zero-order chi connectivity index (χ0) is 13.4. The molecule has 0 spiro atoms. The highest BCUT2D eigenvalue weighted by Gasteiger charge is 2.34. The van der Waals surface area contributed by atoms with E-state index in [1.54, 1.807) is 0 Å². The van der Waals surface area contributed by atoms with Crippen LogP contribution in [0.15, 0.2) is 41.4 Å². The number of benzene rings is 1. The standard InChI is InChI=1S/C13H11F3N2S/c14-9-6-10(8-4-2-1-3-5-8)18-11(9)7-12(17-18)19-13(15)16/h1-5,7,9-10,13H,6H2/t9-,10-/m0/s1. The van der Waals surface area contributed by atoms with Crippen molar-refractivity contribution in [1.29, 1.82) is 0 Å². The number of alkyl halides is 3. The Labute approximate surface area is 112 Å². The number of hydrogen-bond acceptors (Lipinski definition) is 2. The first-order valence-corrected chi connectivity index (χ1v) is 6.76. The molecule has 0 N–H and O–H groups in total. The highest BCUT2D eigenvalue weighted by molar-refractivity contribution is 7.99. The maximum Gasteiger partial charge on any atom is 0.290 e. The van der Waals surface area contributed by atoms with E-state index in [2.05, 4.69) is 5.10 Å². The Morgan fingerprint density at radius 1 is 1.26 bits per heavy atom. The Balaban J connectivity index is 1.95. The van der Waals surface area contributed by atoms with E-state index in [9.17, 15) is 13.2 Å². The lowest BCUT2D eigenvalue weighted by Gasteiger charge is -2.11. The second kappa shape index (κ2) is 4.92. The summed E-state index contributed by atoms with van der Waals surface area (Å²) < 4.78 is 40.1. The van der Waals surface area contributed by atoms with Crippen LogP contribution in [0.5, 0.6) is 0 Å². The van der Waals surface area contributed by atoms with Gasteiger partial charge >= 0.3 is 0 Å². The van der Waals surface area contributed by atoms with Crippen molar-refractivity contribution in [2.45, 2.75) is 29.4 Å². The van der Waals surface area contributed by atoms with Crippen LogP contribution in [0.25, 0.3) is 0 Å². The Morgan fingerprint density at radius 3 is 2.68 bits per heavy atom. The molecular weight excluding hydrogens is 273 g/mol. The molecule has 0 amide bonds. The number of hydrogen-bond donors (Lipinski definition) is 0. The molecule has 6 heteroatoms. The quantitative estimate of drug-likeness (QED) is 0.786. The zero-order valence-electron chi connectivity index (χ0n) is 9.84. The monoisotopic (exact) mass is 284 g/mol. The van der Waals surface area contributed by atoms with Crippen molar-refractivity contribution >= 4 is 11.8 Å². The number of aromatic nitrogens is 2. The van der Waals surface area contributed by atoms with Gasteiger partial charge in [-0.25, -0.2) is 4.39 Å². The Hall–Kier alpha value is -1.43. The van der Waals surface area contributed by atoms with Crippen molar-refractivity contribution in [2.24, 2.45) is 0 Å². The third kappa shape index (κ3) is 2.36. The lowest BCUT2D eigenvalue weighted by Crippen LogP contribution is -2.07. The average Bonchev–Trinajstić information content (AvgIpc) is 2.90. The highest BCUT2D eigenvalue weighted by atomic mass is 32.2. The normalized spacial score (nSPS) is 21.9. The van der Waals surface area contributed by atoms with Crippen molar-refractivity contribution in [3.8, 4) is 0 Å². The first kappa shape index (κ1) is 12.6. The predicted octanol–water partition coefficient (Wildman–Crippen LogP) is 4.20. The van der Waals surface area contributed by atoms with E-state index in [0.29, 0.717) is 23.9 Å². The van der Waals surface area contributed by atoms with Crippen molar-refractivity contribution in [3.63, 3.8) is 0 Å². The minimum atomic E-state index is -2.54. The molecule has 0 saturated carbocycles. The summed E-state index contributed by atoms with van der Waals surface area (Å²) in [6, 6.07) is 10.6. The van der Waals surface area contributed by atoms with E-state index >= 15 is 0 Å². The van der Waals surface area contributed by atoms with Crippen LogP contribution in [0.2, 0.25) is 0 Å². The molecule has 2 nitrogen and oxygen atoms in total. The van der Waals surface area contributed by atoms with Gasteiger partial charge in [-0.1, -0.05) is 30.3 Å². The van der Waals surface area contributed by atoms with Crippen LogP contribution >= 0.6 is 11.8 Å². The topological polar surface area (TPSA) is 17.8 Å². The summed E-state index contributed by atoms with van der Waals surface area (Å²) in [6.45, 7) is 0. The SMILES string of the molecule is FC(F)Sc1cc2n(n1)[C@H](c1ccccc1)C[C@@H]2F. The van der Waals surface area contributed by atoms with Crippen molar-refractivity contribution in [2.75, 3.05) is 0 Å². The summed E-state index contributed by atoms with van der Waals surface area (Å²) in [5, 5.41) is 4.27. The molecule has 1 aliphatic heterocycles. The second-order valence-corrected chi connectivity index (χ2v) is 5.37. The minimum absolute atomic E-state index is 0.174. The molecule has 19 heavy (non-hydrogen) atoms. The maximum absolute atomic E-state index is 13.9. The molecule has 2 heterocycles. The third-order valence-electron chi connectivity index (χ3n) is 3.18. The first-order valence-electron chi connectivity index (χ1n) is 5.88. The fourth-order valence-corrected chi connectivity index (χ4v) is 2.89. The maximum atomic E-state index is 13.9. The van der Waals surface area contributed by atoms with Gasteiger partial charge in [0, 0.05) is 6.42 Å². The van der Waals surface area contributed by atoms with Crippen LogP contribution in [-0.4, -0.2) is 15.5 Å². The molecule has 2 aromatic rings. The van der Waals surface area contributed by atoms with Gasteiger partial charge in [-0.2, -0.15) is 13.9 Å². The summed E-state index contributed by atoms with van der Waals surface area (Å²) in [5.74, 6) is -2.54. The Bertz CT molecular complexity index is 571. The van der Waals surface area contributed by atoms with Gasteiger partial charge in [0.15, 0.2) is 0 Å². The molecule has 0 aliphatic carbocycles. The minimum Gasteiger partial charge on any atom is -0.258 e. The fourth-order valence-electron chi connectivity index (χ4n) is 2.39. The number of nitrogens with zero attached hydrogens (tertiary/aromatic N) is 2. The van der Waals surface area contributed by atoms with Crippen LogP contribution in [0.3, 0.4) is 0 Å². The number of halogens is 3. The molecule has 0 saturated heterocycles. The average molecular weight is 284 g/mol. The van der Waals surface area contributed by atoms with Crippen molar-refractivity contribution in [3.05, 3.63) is 47.7 Å². The van der Waals surface area contributed by atoms with Gasteiger partial charge in [0.05, 0.1) is 11.7 Å². The third-order valence-corrected chi connectivity index (χ3v) is 3.80. The summed E-state index contributed by atoms with van der Waals surface area (Å²) in [4.78, 5) is 0. The van der Waals surface area contributed by atoms with Crippen LogP contribution in [0, 0.1) is 0 Å². The molecule has 1 aromatic heterocycles. The number of rotatable bonds is 3. The van der Waals surface area contributed by atoms with Gasteiger partial charge in [0.1, 0.15) is 11.2 Å². The predicted molar refractivity (Wildman–Crippen MR) is 67.1 cm³/mol. The molecule has 2 atom stereocenters. The number of fused-ring (bicyclic) bond motifs is 1. The Morgan fingerprint density at radius 2 is 2.00 bits per heavy atom. The lowest BCUT2D eigenvalue weighted by molar-refractivity contribution is 0.251. The van der Waals surface area contributed by atoms with Crippen LogP contribution in [0.4, 0.5) is 13.2 Å². The van der Waals surface area contributed by atoms with E-state index in [0.717, 1.165) is 5.56 Å². The van der Waals surface area contributed by atoms with E-state index in [1.807, 2.05) is 30.3 Å². The molecule has 0 bridgehead atoms. The smallest absolute Gasteiger partial charge is 0.258 e. The fraction of sp³-hybridized carbons (Fsp3) is 0.308. The lowest BCUT2D eigenvalue weighted by atomic mass is 10.0. The summed E-state index contributed by atoms with van der Waals surface area (Å²) >= 11 is 0.350. The van der Waals surface area contributed by atoms with Gasteiger partial charge in [-0.15, -0.1) is 0 Å². The summed E-state index contributed by atoms with van der Waals surface area (Å²) in [6.07, 6.45) is -0.837. The van der Waals surface area contributed by atoms with Gasteiger partial charge in [-0.05, 0) is 23.4 Å². The van der Waals surface area contributed by atoms with Crippen molar-refractivity contribution in [1.82, 2.24) is 9.78 Å². The van der Waals surface area contributed by atoms with E-state index in [-0.39, 0.29) is 11.1 Å². The van der Waals surface area contributed by atoms with E-state index < -0.39 is 11.9 Å². The van der Waals surface area contributed by atoms with Crippen LogP contribution < -0.4 is 0 Å². The summed E-state index contributed by atoms with van der Waals surface area (Å²) in [7, 11) is 0. The number of thioether (sulfide) groups is 1. The van der Waals surface area contributed by atoms with Gasteiger partial charge in [0.25, 0.3) is 5.76 Å². The van der Waals surface area contributed by atoms with Gasteiger partial charge < -0.3 is 0 Å². The molecule has 3 rings (SSSR count). The van der Waals surface area contributed by atoms with Crippen LogP contribution in [0.1, 0.15) is 29.9 Å². The molecule has 100 valence electrons. The van der Waals surface area contributed by atoms with E-state index in [1.165, 1.54) is 10.7 Å². The van der Waals surface area contributed by atoms with Gasteiger partial charge in [0.2, 0.25) is 0 Å². The zero-order valence-corrected chi connectivity index (χ0v) is 10.7. The summed E-state index contributed by atoms with van der Waals surface area (Å²) in [5.41, 5.74) is 1.33.